The van der Waals surface area contributed by atoms with Crippen LogP contribution in [-0.2, 0) is 14.4 Å². The number of piperidine rings is 1. The number of nitrogens with zero attached hydrogens (tertiary/aromatic N) is 2. The summed E-state index contributed by atoms with van der Waals surface area (Å²) in [6.45, 7) is 0.378. The third-order valence-corrected chi connectivity index (χ3v) is 3.91. The molecule has 0 saturated carbocycles. The lowest BCUT2D eigenvalue weighted by atomic mass is 9.70. The topological polar surface area (TPSA) is 104 Å². The normalized spacial score (nSPS) is 29.4. The number of hydrogen-bond donors (Lipinski definition) is 2. The van der Waals surface area contributed by atoms with Crippen molar-refractivity contribution in [3.8, 4) is 0 Å². The summed E-state index contributed by atoms with van der Waals surface area (Å²) >= 11 is 0. The highest BCUT2D eigenvalue weighted by molar-refractivity contribution is 5.97. The molecule has 3 N–H and O–H groups in total. The number of amides is 3. The Labute approximate surface area is 105 Å². The first-order valence-corrected chi connectivity index (χ1v) is 5.86. The Kier molecular flexibility index (Phi) is 3.02. The van der Waals surface area contributed by atoms with Crippen LogP contribution >= 0.6 is 0 Å². The standard InChI is InChI=1S/C11H17N3O4/c1-13-3-2-11(4-8(13)16)6-14(10(11)18)7(5-15)9(12)17/h7,15H,2-6H2,1H3,(H2,12,17)/t7-,11?/m0/s1. The first kappa shape index (κ1) is 12.8. The molecule has 0 aromatic heterocycles. The average Bonchev–Trinajstić information content (AvgIpc) is 2.32. The van der Waals surface area contributed by atoms with E-state index in [0.29, 0.717) is 19.5 Å². The van der Waals surface area contributed by atoms with Crippen molar-refractivity contribution in [2.75, 3.05) is 26.7 Å². The van der Waals surface area contributed by atoms with E-state index >= 15 is 0 Å². The van der Waals surface area contributed by atoms with Gasteiger partial charge in [0.1, 0.15) is 6.04 Å². The molecular weight excluding hydrogens is 238 g/mol. The predicted molar refractivity (Wildman–Crippen MR) is 61.1 cm³/mol. The fourth-order valence-electron chi connectivity index (χ4n) is 2.61. The highest BCUT2D eigenvalue weighted by Gasteiger charge is 2.57. The number of aliphatic hydroxyl groups excluding tert-OH is 1. The van der Waals surface area contributed by atoms with Crippen LogP contribution in [0.2, 0.25) is 0 Å². The molecule has 0 aromatic carbocycles. The van der Waals surface area contributed by atoms with Crippen LogP contribution in [-0.4, -0.2) is 65.4 Å². The number of β-lactam (4-membered cyclic amide) rings is 1. The predicted octanol–water partition coefficient (Wildman–Crippen LogP) is -2.09. The van der Waals surface area contributed by atoms with Crippen LogP contribution in [0.4, 0.5) is 0 Å². The van der Waals surface area contributed by atoms with Crippen LogP contribution in [0.5, 0.6) is 0 Å². The zero-order valence-electron chi connectivity index (χ0n) is 10.3. The van der Waals surface area contributed by atoms with Gasteiger partial charge in [0.05, 0.1) is 12.0 Å². The maximum absolute atomic E-state index is 12.1. The van der Waals surface area contributed by atoms with Crippen LogP contribution in [0.15, 0.2) is 0 Å². The Morgan fingerprint density at radius 3 is 2.67 bits per heavy atom. The lowest BCUT2D eigenvalue weighted by molar-refractivity contribution is -0.176. The second kappa shape index (κ2) is 4.24. The minimum atomic E-state index is -0.974. The quantitative estimate of drug-likeness (QED) is 0.564. The van der Waals surface area contributed by atoms with Gasteiger partial charge in [0.15, 0.2) is 0 Å². The minimum Gasteiger partial charge on any atom is -0.394 e. The number of carbonyl (C=O) groups excluding carboxylic acids is 3. The molecule has 2 aliphatic rings. The molecule has 2 aliphatic heterocycles. The summed E-state index contributed by atoms with van der Waals surface area (Å²) in [7, 11) is 1.70. The molecule has 2 heterocycles. The number of nitrogens with two attached hydrogens (primary N) is 1. The molecule has 0 bridgehead atoms. The fourth-order valence-corrected chi connectivity index (χ4v) is 2.61. The van der Waals surface area contributed by atoms with E-state index < -0.39 is 24.0 Å². The first-order chi connectivity index (χ1) is 8.41. The maximum Gasteiger partial charge on any atom is 0.242 e. The van der Waals surface area contributed by atoms with Gasteiger partial charge in [-0.2, -0.15) is 0 Å². The fraction of sp³-hybridized carbons (Fsp3) is 0.727. The maximum atomic E-state index is 12.1. The molecule has 1 unspecified atom stereocenters. The summed E-state index contributed by atoms with van der Waals surface area (Å²) in [5.74, 6) is -1.03. The molecule has 7 nitrogen and oxygen atoms in total. The Balaban J connectivity index is 2.07. The second-order valence-corrected chi connectivity index (χ2v) is 5.06. The monoisotopic (exact) mass is 255 g/mol. The van der Waals surface area contributed by atoms with Crippen molar-refractivity contribution in [2.45, 2.75) is 18.9 Å². The SMILES string of the molecule is CN1CCC2(CC1=O)CN([C@@H](CO)C(N)=O)C2=O. The number of rotatable bonds is 3. The van der Waals surface area contributed by atoms with Crippen molar-refractivity contribution in [1.82, 2.24) is 9.80 Å². The molecule has 2 atom stereocenters. The third kappa shape index (κ3) is 1.74. The summed E-state index contributed by atoms with van der Waals surface area (Å²) in [5.41, 5.74) is 4.45. The Morgan fingerprint density at radius 2 is 2.22 bits per heavy atom. The van der Waals surface area contributed by atoms with E-state index in [-0.39, 0.29) is 18.2 Å². The summed E-state index contributed by atoms with van der Waals surface area (Å²) < 4.78 is 0. The van der Waals surface area contributed by atoms with Crippen molar-refractivity contribution >= 4 is 17.7 Å². The van der Waals surface area contributed by atoms with Crippen molar-refractivity contribution in [3.05, 3.63) is 0 Å². The van der Waals surface area contributed by atoms with Gasteiger partial charge in [-0.25, -0.2) is 0 Å². The molecule has 18 heavy (non-hydrogen) atoms. The minimum absolute atomic E-state index is 0.0612. The van der Waals surface area contributed by atoms with E-state index in [9.17, 15) is 14.4 Å². The van der Waals surface area contributed by atoms with Gasteiger partial charge in [0.2, 0.25) is 17.7 Å². The molecule has 3 amide bonds. The lowest BCUT2D eigenvalue weighted by Crippen LogP contribution is -2.70. The number of carbonyl (C=O) groups is 3. The van der Waals surface area contributed by atoms with Gasteiger partial charge in [0.25, 0.3) is 0 Å². The number of hydrogen-bond acceptors (Lipinski definition) is 4. The van der Waals surface area contributed by atoms with Crippen molar-refractivity contribution in [3.63, 3.8) is 0 Å². The Morgan fingerprint density at radius 1 is 1.56 bits per heavy atom. The zero-order chi connectivity index (χ0) is 13.5. The van der Waals surface area contributed by atoms with E-state index in [1.165, 1.54) is 4.90 Å². The van der Waals surface area contributed by atoms with Gasteiger partial charge >= 0.3 is 0 Å². The van der Waals surface area contributed by atoms with Gasteiger partial charge in [-0.3, -0.25) is 14.4 Å². The molecule has 2 fully saturated rings. The number of primary amides is 1. The van der Waals surface area contributed by atoms with E-state index in [4.69, 9.17) is 10.8 Å². The van der Waals surface area contributed by atoms with Crippen molar-refractivity contribution in [2.24, 2.45) is 11.1 Å². The van der Waals surface area contributed by atoms with E-state index in [1.807, 2.05) is 0 Å². The molecule has 0 aliphatic carbocycles. The van der Waals surface area contributed by atoms with Crippen molar-refractivity contribution < 1.29 is 19.5 Å². The third-order valence-electron chi connectivity index (χ3n) is 3.91. The molecule has 0 aromatic rings. The van der Waals surface area contributed by atoms with Gasteiger partial charge in [-0.1, -0.05) is 0 Å². The van der Waals surface area contributed by atoms with Gasteiger partial charge in [0, 0.05) is 26.6 Å². The Hall–Kier alpha value is -1.63. The second-order valence-electron chi connectivity index (χ2n) is 5.06. The van der Waals surface area contributed by atoms with Crippen LogP contribution in [0.1, 0.15) is 12.8 Å². The highest BCUT2D eigenvalue weighted by atomic mass is 16.3. The molecular formula is C11H17N3O4. The Bertz CT molecular complexity index is 411. The average molecular weight is 255 g/mol. The summed E-state index contributed by atoms with van der Waals surface area (Å²) in [6, 6.07) is -0.974. The summed E-state index contributed by atoms with van der Waals surface area (Å²) in [4.78, 5) is 37.7. The summed E-state index contributed by atoms with van der Waals surface area (Å²) in [6.07, 6.45) is 0.775. The smallest absolute Gasteiger partial charge is 0.242 e. The zero-order valence-corrected chi connectivity index (χ0v) is 10.3. The van der Waals surface area contributed by atoms with E-state index in [1.54, 1.807) is 11.9 Å². The van der Waals surface area contributed by atoms with Gasteiger partial charge in [-0.05, 0) is 6.42 Å². The molecule has 1 spiro atoms. The van der Waals surface area contributed by atoms with Crippen LogP contribution in [0.3, 0.4) is 0 Å². The lowest BCUT2D eigenvalue weighted by Gasteiger charge is -2.53. The van der Waals surface area contributed by atoms with Crippen LogP contribution in [0, 0.1) is 5.41 Å². The molecule has 100 valence electrons. The molecule has 7 heteroatoms. The van der Waals surface area contributed by atoms with Crippen molar-refractivity contribution in [1.29, 1.82) is 0 Å². The van der Waals surface area contributed by atoms with Crippen LogP contribution in [0.25, 0.3) is 0 Å². The highest BCUT2D eigenvalue weighted by Crippen LogP contribution is 2.42. The van der Waals surface area contributed by atoms with Crippen LogP contribution < -0.4 is 5.73 Å². The van der Waals surface area contributed by atoms with Gasteiger partial charge < -0.3 is 20.6 Å². The number of aliphatic hydroxyl groups is 1. The van der Waals surface area contributed by atoms with E-state index in [0.717, 1.165) is 0 Å². The molecule has 2 saturated heterocycles. The number of likely N-dealkylation sites (tertiary alicyclic amines) is 2. The molecule has 2 rings (SSSR count). The largest absolute Gasteiger partial charge is 0.394 e. The first-order valence-electron chi connectivity index (χ1n) is 5.86. The molecule has 0 radical (unpaired) electrons. The van der Waals surface area contributed by atoms with E-state index in [2.05, 4.69) is 0 Å². The van der Waals surface area contributed by atoms with Gasteiger partial charge in [-0.15, -0.1) is 0 Å². The summed E-state index contributed by atoms with van der Waals surface area (Å²) in [5, 5.41) is 9.06.